The molecule has 1 amide bonds. The Bertz CT molecular complexity index is 1340. The minimum atomic E-state index is -0.122. The standard InChI is InChI=1S/C23H17N3O2S/c27-21(24-13-22-25-17-9-3-6-12-20(17)29-22)14-26-18-10-4-1-7-15(18)23(28)16-8-2-5-11-19(16)26/h1-12H,13-14H2,(H,24,27). The molecule has 3 aromatic carbocycles. The number of hydrogen-bond donors (Lipinski definition) is 1. The Labute approximate surface area is 170 Å². The SMILES string of the molecule is O=C(Cn1c2ccccc2c(=O)c2ccccc21)NCc1nc2ccccc2s1. The smallest absolute Gasteiger partial charge is 0.240 e. The Balaban J connectivity index is 1.46. The van der Waals surface area contributed by atoms with Crippen LogP contribution in [0.25, 0.3) is 32.0 Å². The van der Waals surface area contributed by atoms with Crippen LogP contribution in [0.3, 0.4) is 0 Å². The third-order valence-corrected chi connectivity index (χ3v) is 5.99. The molecule has 0 saturated heterocycles. The minimum Gasteiger partial charge on any atom is -0.348 e. The van der Waals surface area contributed by atoms with Gasteiger partial charge in [0.25, 0.3) is 0 Å². The number of aromatic nitrogens is 2. The van der Waals surface area contributed by atoms with Gasteiger partial charge in [-0.15, -0.1) is 11.3 Å². The molecule has 142 valence electrons. The first kappa shape index (κ1) is 17.6. The highest BCUT2D eigenvalue weighted by atomic mass is 32.1. The summed E-state index contributed by atoms with van der Waals surface area (Å²) < 4.78 is 3.01. The fourth-order valence-corrected chi connectivity index (χ4v) is 4.52. The molecule has 0 unspecified atom stereocenters. The number of pyridine rings is 1. The van der Waals surface area contributed by atoms with Gasteiger partial charge in [-0.1, -0.05) is 36.4 Å². The van der Waals surface area contributed by atoms with Crippen LogP contribution in [0.5, 0.6) is 0 Å². The normalized spacial score (nSPS) is 11.3. The Morgan fingerprint density at radius 2 is 1.52 bits per heavy atom. The Morgan fingerprint density at radius 3 is 2.21 bits per heavy atom. The molecule has 0 bridgehead atoms. The maximum atomic E-state index is 12.8. The van der Waals surface area contributed by atoms with Crippen molar-refractivity contribution < 1.29 is 4.79 Å². The molecule has 1 N–H and O–H groups in total. The van der Waals surface area contributed by atoms with Crippen LogP contribution >= 0.6 is 11.3 Å². The van der Waals surface area contributed by atoms with E-state index < -0.39 is 0 Å². The number of nitrogens with one attached hydrogen (secondary N) is 1. The molecule has 2 aromatic heterocycles. The van der Waals surface area contributed by atoms with E-state index >= 15 is 0 Å². The summed E-state index contributed by atoms with van der Waals surface area (Å²) in [5, 5.41) is 5.06. The van der Waals surface area contributed by atoms with E-state index in [4.69, 9.17) is 0 Å². The first-order valence-electron chi connectivity index (χ1n) is 9.32. The Kier molecular flexibility index (Phi) is 4.33. The summed E-state index contributed by atoms with van der Waals surface area (Å²) in [6.45, 7) is 0.514. The highest BCUT2D eigenvalue weighted by molar-refractivity contribution is 7.18. The first-order chi connectivity index (χ1) is 14.2. The molecule has 0 saturated carbocycles. The zero-order valence-electron chi connectivity index (χ0n) is 15.5. The summed E-state index contributed by atoms with van der Waals surface area (Å²) in [5.74, 6) is -0.122. The molecule has 6 heteroatoms. The van der Waals surface area contributed by atoms with Gasteiger partial charge in [-0.3, -0.25) is 9.59 Å². The van der Waals surface area contributed by atoms with Crippen molar-refractivity contribution >= 4 is 49.3 Å². The first-order valence-corrected chi connectivity index (χ1v) is 10.1. The highest BCUT2D eigenvalue weighted by Crippen LogP contribution is 2.22. The van der Waals surface area contributed by atoms with E-state index in [0.717, 1.165) is 26.3 Å². The van der Waals surface area contributed by atoms with E-state index in [9.17, 15) is 9.59 Å². The molecule has 5 nitrogen and oxygen atoms in total. The maximum absolute atomic E-state index is 12.8. The number of hydrogen-bond acceptors (Lipinski definition) is 4. The van der Waals surface area contributed by atoms with Gasteiger partial charge in [0.05, 0.1) is 27.8 Å². The van der Waals surface area contributed by atoms with Crippen LogP contribution in [0, 0.1) is 0 Å². The van der Waals surface area contributed by atoms with Crippen LogP contribution in [-0.4, -0.2) is 15.5 Å². The van der Waals surface area contributed by atoms with Crippen molar-refractivity contribution in [2.45, 2.75) is 13.1 Å². The third kappa shape index (κ3) is 3.17. The lowest BCUT2D eigenvalue weighted by Gasteiger charge is -2.14. The van der Waals surface area contributed by atoms with Gasteiger partial charge in [0, 0.05) is 10.8 Å². The molecule has 0 aliphatic rings. The molecule has 5 rings (SSSR count). The number of benzene rings is 3. The number of nitrogens with zero attached hydrogens (tertiary/aromatic N) is 2. The van der Waals surface area contributed by atoms with Gasteiger partial charge >= 0.3 is 0 Å². The van der Waals surface area contributed by atoms with Crippen LogP contribution in [-0.2, 0) is 17.9 Å². The minimum absolute atomic E-state index is 0.0117. The van der Waals surface area contributed by atoms with E-state index in [1.165, 1.54) is 0 Å². The monoisotopic (exact) mass is 399 g/mol. The van der Waals surface area contributed by atoms with Crippen molar-refractivity contribution in [1.29, 1.82) is 0 Å². The average Bonchev–Trinajstić information content (AvgIpc) is 3.18. The van der Waals surface area contributed by atoms with E-state index in [-0.39, 0.29) is 17.9 Å². The van der Waals surface area contributed by atoms with Gasteiger partial charge in [0.2, 0.25) is 5.91 Å². The van der Waals surface area contributed by atoms with Crippen molar-refractivity contribution in [3.63, 3.8) is 0 Å². The maximum Gasteiger partial charge on any atom is 0.240 e. The summed E-state index contributed by atoms with van der Waals surface area (Å²) in [6, 6.07) is 22.7. The van der Waals surface area contributed by atoms with Gasteiger partial charge in [-0.25, -0.2) is 4.98 Å². The predicted molar refractivity (Wildman–Crippen MR) is 117 cm³/mol. The number of fused-ring (bicyclic) bond motifs is 3. The quantitative estimate of drug-likeness (QED) is 0.463. The number of carbonyl (C=O) groups is 1. The highest BCUT2D eigenvalue weighted by Gasteiger charge is 2.13. The molecule has 0 aliphatic carbocycles. The molecule has 5 aromatic rings. The van der Waals surface area contributed by atoms with E-state index in [1.54, 1.807) is 23.5 Å². The lowest BCUT2D eigenvalue weighted by Crippen LogP contribution is -2.28. The van der Waals surface area contributed by atoms with Crippen molar-refractivity contribution in [3.05, 3.63) is 88.0 Å². The zero-order valence-corrected chi connectivity index (χ0v) is 16.3. The largest absolute Gasteiger partial charge is 0.348 e. The number of para-hydroxylation sites is 3. The van der Waals surface area contributed by atoms with E-state index in [2.05, 4.69) is 10.3 Å². The number of carbonyl (C=O) groups excluding carboxylic acids is 1. The number of amides is 1. The van der Waals surface area contributed by atoms with Crippen molar-refractivity contribution in [2.75, 3.05) is 0 Å². The zero-order chi connectivity index (χ0) is 19.8. The summed E-state index contributed by atoms with van der Waals surface area (Å²) in [5.41, 5.74) is 2.44. The Morgan fingerprint density at radius 1 is 0.897 bits per heavy atom. The molecule has 0 atom stereocenters. The second-order valence-electron chi connectivity index (χ2n) is 6.80. The van der Waals surface area contributed by atoms with Crippen molar-refractivity contribution in [2.24, 2.45) is 0 Å². The molecular weight excluding hydrogens is 382 g/mol. The van der Waals surface area contributed by atoms with Crippen LogP contribution in [0.2, 0.25) is 0 Å². The van der Waals surface area contributed by atoms with Crippen LogP contribution in [0.15, 0.2) is 77.6 Å². The molecule has 0 radical (unpaired) electrons. The molecule has 0 spiro atoms. The van der Waals surface area contributed by atoms with Crippen molar-refractivity contribution in [3.8, 4) is 0 Å². The van der Waals surface area contributed by atoms with E-state index in [1.807, 2.05) is 65.2 Å². The summed E-state index contributed by atoms with van der Waals surface area (Å²) in [7, 11) is 0. The van der Waals surface area contributed by atoms with Gasteiger partial charge in [-0.05, 0) is 36.4 Å². The molecule has 0 aliphatic heterocycles. The van der Waals surface area contributed by atoms with Gasteiger partial charge in [-0.2, -0.15) is 0 Å². The fraction of sp³-hybridized carbons (Fsp3) is 0.0870. The number of thiazole rings is 1. The summed E-state index contributed by atoms with van der Waals surface area (Å²) >= 11 is 1.58. The average molecular weight is 399 g/mol. The third-order valence-electron chi connectivity index (χ3n) is 4.96. The second kappa shape index (κ2) is 7.14. The van der Waals surface area contributed by atoms with E-state index in [0.29, 0.717) is 17.3 Å². The topological polar surface area (TPSA) is 64.0 Å². The van der Waals surface area contributed by atoms with Crippen LogP contribution in [0.4, 0.5) is 0 Å². The predicted octanol–water partition coefficient (Wildman–Crippen LogP) is 4.08. The lowest BCUT2D eigenvalue weighted by molar-refractivity contribution is -0.121. The van der Waals surface area contributed by atoms with Gasteiger partial charge < -0.3 is 9.88 Å². The van der Waals surface area contributed by atoms with Gasteiger partial charge in [0.15, 0.2) is 5.43 Å². The van der Waals surface area contributed by atoms with Gasteiger partial charge in [0.1, 0.15) is 11.6 Å². The second-order valence-corrected chi connectivity index (χ2v) is 7.92. The molecular formula is C23H17N3O2S. The van der Waals surface area contributed by atoms with Crippen LogP contribution in [0.1, 0.15) is 5.01 Å². The Hall–Kier alpha value is -3.51. The summed E-state index contributed by atoms with van der Waals surface area (Å²) in [6.07, 6.45) is 0. The fourth-order valence-electron chi connectivity index (χ4n) is 3.62. The van der Waals surface area contributed by atoms with Crippen LogP contribution < -0.4 is 10.7 Å². The molecule has 2 heterocycles. The summed E-state index contributed by atoms with van der Waals surface area (Å²) in [4.78, 5) is 30.1. The molecule has 0 fully saturated rings. The van der Waals surface area contributed by atoms with Crippen molar-refractivity contribution in [1.82, 2.24) is 14.9 Å². The lowest BCUT2D eigenvalue weighted by atomic mass is 10.1. The molecule has 29 heavy (non-hydrogen) atoms. The number of rotatable bonds is 4.